The summed E-state index contributed by atoms with van der Waals surface area (Å²) in [6, 6.07) is 18.3. The number of nitrogens with one attached hydrogen (secondary N) is 2. The van der Waals surface area contributed by atoms with Crippen molar-refractivity contribution in [1.29, 1.82) is 0 Å². The highest BCUT2D eigenvalue weighted by Gasteiger charge is 2.23. The Morgan fingerprint density at radius 3 is 2.50 bits per heavy atom. The lowest BCUT2D eigenvalue weighted by Crippen LogP contribution is -2.38. The quantitative estimate of drug-likeness (QED) is 0.719. The van der Waals surface area contributed by atoms with Gasteiger partial charge < -0.3 is 10.6 Å². The Morgan fingerprint density at radius 2 is 1.75 bits per heavy atom. The highest BCUT2D eigenvalue weighted by molar-refractivity contribution is 8.00. The van der Waals surface area contributed by atoms with E-state index in [9.17, 15) is 9.59 Å². The first-order valence-electron chi connectivity index (χ1n) is 9.58. The van der Waals surface area contributed by atoms with Crippen LogP contribution >= 0.6 is 11.8 Å². The Kier molecular flexibility index (Phi) is 7.51. The van der Waals surface area contributed by atoms with Crippen LogP contribution in [0, 0.1) is 6.92 Å². The molecule has 1 aliphatic heterocycles. The van der Waals surface area contributed by atoms with Crippen LogP contribution in [0.15, 0.2) is 54.6 Å². The molecular formula is C22H27N3O2S. The van der Waals surface area contributed by atoms with E-state index in [0.717, 1.165) is 37.3 Å². The van der Waals surface area contributed by atoms with E-state index >= 15 is 0 Å². The molecule has 28 heavy (non-hydrogen) atoms. The molecule has 0 bridgehead atoms. The molecule has 0 spiro atoms. The third kappa shape index (κ3) is 6.69. The van der Waals surface area contributed by atoms with E-state index in [2.05, 4.69) is 39.8 Å². The van der Waals surface area contributed by atoms with Gasteiger partial charge in [0, 0.05) is 31.4 Å². The number of amides is 2. The number of nitrogens with zero attached hydrogens (tertiary/aromatic N) is 1. The van der Waals surface area contributed by atoms with Crippen molar-refractivity contribution in [3.05, 3.63) is 65.7 Å². The number of hydrogen-bond acceptors (Lipinski definition) is 4. The minimum Gasteiger partial charge on any atom is -0.351 e. The summed E-state index contributed by atoms with van der Waals surface area (Å²) in [5.74, 6) is 0.485. The maximum absolute atomic E-state index is 12.2. The van der Waals surface area contributed by atoms with Crippen LogP contribution in [0.25, 0.3) is 0 Å². The standard InChI is InChI=1S/C22H27N3O2S/c1-17-7-9-19(10-8-17)23-21(26)15-28-16-22(27)24-20-11-12-25(14-20)13-18-5-3-2-4-6-18/h2-10,20H,11-16H2,1H3,(H,23,26)(H,24,27). The Bertz CT molecular complexity index is 780. The second-order valence-corrected chi connectivity index (χ2v) is 8.17. The zero-order valence-electron chi connectivity index (χ0n) is 16.2. The molecular weight excluding hydrogens is 370 g/mol. The largest absolute Gasteiger partial charge is 0.351 e. The molecule has 1 unspecified atom stereocenters. The van der Waals surface area contributed by atoms with Crippen LogP contribution in [0.1, 0.15) is 17.5 Å². The van der Waals surface area contributed by atoms with Crippen LogP contribution in [0.2, 0.25) is 0 Å². The molecule has 1 fully saturated rings. The minimum absolute atomic E-state index is 0.000281. The minimum atomic E-state index is -0.0865. The smallest absolute Gasteiger partial charge is 0.234 e. The average molecular weight is 398 g/mol. The number of carbonyl (C=O) groups is 2. The molecule has 2 amide bonds. The first-order chi connectivity index (χ1) is 13.6. The van der Waals surface area contributed by atoms with Crippen molar-refractivity contribution in [3.63, 3.8) is 0 Å². The summed E-state index contributed by atoms with van der Waals surface area (Å²) in [5, 5.41) is 5.94. The zero-order chi connectivity index (χ0) is 19.8. The number of thioether (sulfide) groups is 1. The molecule has 1 heterocycles. The van der Waals surface area contributed by atoms with Crippen LogP contribution in [-0.2, 0) is 16.1 Å². The summed E-state index contributed by atoms with van der Waals surface area (Å²) in [4.78, 5) is 26.5. The molecule has 0 saturated carbocycles. The van der Waals surface area contributed by atoms with Gasteiger partial charge in [0.15, 0.2) is 0 Å². The fourth-order valence-electron chi connectivity index (χ4n) is 3.28. The summed E-state index contributed by atoms with van der Waals surface area (Å²) >= 11 is 1.34. The number of benzene rings is 2. The van der Waals surface area contributed by atoms with Crippen LogP contribution in [0.4, 0.5) is 5.69 Å². The van der Waals surface area contributed by atoms with Crippen molar-refractivity contribution in [2.75, 3.05) is 29.9 Å². The van der Waals surface area contributed by atoms with Gasteiger partial charge in [-0.3, -0.25) is 14.5 Å². The van der Waals surface area contributed by atoms with Crippen LogP contribution in [0.5, 0.6) is 0 Å². The SMILES string of the molecule is Cc1ccc(NC(=O)CSCC(=O)NC2CCN(Cc3ccccc3)C2)cc1. The van der Waals surface area contributed by atoms with Crippen molar-refractivity contribution in [3.8, 4) is 0 Å². The summed E-state index contributed by atoms with van der Waals surface area (Å²) < 4.78 is 0. The van der Waals surface area contributed by atoms with E-state index in [1.807, 2.05) is 37.3 Å². The lowest BCUT2D eigenvalue weighted by molar-refractivity contribution is -0.119. The molecule has 2 aromatic rings. The number of aryl methyl sites for hydroxylation is 1. The second-order valence-electron chi connectivity index (χ2n) is 7.18. The van der Waals surface area contributed by atoms with Gasteiger partial charge in [-0.2, -0.15) is 0 Å². The lowest BCUT2D eigenvalue weighted by atomic mass is 10.2. The molecule has 5 nitrogen and oxygen atoms in total. The van der Waals surface area contributed by atoms with Crippen molar-refractivity contribution in [2.45, 2.75) is 25.9 Å². The van der Waals surface area contributed by atoms with E-state index in [4.69, 9.17) is 0 Å². The normalized spacial score (nSPS) is 16.7. The zero-order valence-corrected chi connectivity index (χ0v) is 17.0. The first kappa shape index (κ1) is 20.4. The van der Waals surface area contributed by atoms with Gasteiger partial charge in [0.1, 0.15) is 0 Å². The van der Waals surface area contributed by atoms with Crippen molar-refractivity contribution < 1.29 is 9.59 Å². The van der Waals surface area contributed by atoms with Gasteiger partial charge in [0.25, 0.3) is 0 Å². The Morgan fingerprint density at radius 1 is 1.04 bits per heavy atom. The summed E-state index contributed by atoms with van der Waals surface area (Å²) in [6.45, 7) is 4.79. The number of likely N-dealkylation sites (tertiary alicyclic amines) is 1. The predicted octanol–water partition coefficient (Wildman–Crippen LogP) is 3.06. The fourth-order valence-corrected chi connectivity index (χ4v) is 3.90. The number of rotatable bonds is 8. The van der Waals surface area contributed by atoms with Crippen molar-refractivity contribution in [2.24, 2.45) is 0 Å². The van der Waals surface area contributed by atoms with Crippen molar-refractivity contribution >= 4 is 29.3 Å². The van der Waals surface area contributed by atoms with Gasteiger partial charge in [-0.1, -0.05) is 48.0 Å². The Labute approximate surface area is 170 Å². The third-order valence-electron chi connectivity index (χ3n) is 4.69. The van der Waals surface area contributed by atoms with Gasteiger partial charge in [0.2, 0.25) is 11.8 Å². The van der Waals surface area contributed by atoms with Gasteiger partial charge in [-0.15, -0.1) is 11.8 Å². The third-order valence-corrected chi connectivity index (χ3v) is 5.62. The molecule has 6 heteroatoms. The maximum atomic E-state index is 12.2. The van der Waals surface area contributed by atoms with Crippen molar-refractivity contribution in [1.82, 2.24) is 10.2 Å². The van der Waals surface area contributed by atoms with Crippen LogP contribution in [0.3, 0.4) is 0 Å². The van der Waals surface area contributed by atoms with Gasteiger partial charge in [-0.25, -0.2) is 0 Å². The summed E-state index contributed by atoms with van der Waals surface area (Å²) in [7, 11) is 0. The monoisotopic (exact) mass is 397 g/mol. The molecule has 1 atom stereocenters. The number of hydrogen-bond donors (Lipinski definition) is 2. The Balaban J connectivity index is 1.31. The van der Waals surface area contributed by atoms with E-state index in [1.165, 1.54) is 17.3 Å². The summed E-state index contributed by atoms with van der Waals surface area (Å²) in [6.07, 6.45) is 0.969. The molecule has 2 N–H and O–H groups in total. The first-order valence-corrected chi connectivity index (χ1v) is 10.7. The second kappa shape index (κ2) is 10.3. The summed E-state index contributed by atoms with van der Waals surface area (Å²) in [5.41, 5.74) is 3.23. The van der Waals surface area contributed by atoms with Gasteiger partial charge in [0.05, 0.1) is 11.5 Å². The highest BCUT2D eigenvalue weighted by Crippen LogP contribution is 2.14. The predicted molar refractivity (Wildman–Crippen MR) is 115 cm³/mol. The molecule has 0 aromatic heterocycles. The van der Waals surface area contributed by atoms with Gasteiger partial charge >= 0.3 is 0 Å². The highest BCUT2D eigenvalue weighted by atomic mass is 32.2. The van der Waals surface area contributed by atoms with E-state index in [0.29, 0.717) is 5.75 Å². The molecule has 3 rings (SSSR count). The van der Waals surface area contributed by atoms with E-state index < -0.39 is 0 Å². The molecule has 1 saturated heterocycles. The van der Waals surface area contributed by atoms with E-state index in [-0.39, 0.29) is 23.6 Å². The van der Waals surface area contributed by atoms with E-state index in [1.54, 1.807) is 0 Å². The van der Waals surface area contributed by atoms with Crippen LogP contribution < -0.4 is 10.6 Å². The number of anilines is 1. The fraction of sp³-hybridized carbons (Fsp3) is 0.364. The molecule has 148 valence electrons. The molecule has 2 aromatic carbocycles. The van der Waals surface area contributed by atoms with Crippen LogP contribution in [-0.4, -0.2) is 47.4 Å². The average Bonchev–Trinajstić information content (AvgIpc) is 3.11. The topological polar surface area (TPSA) is 61.4 Å². The molecule has 1 aliphatic rings. The molecule has 0 aliphatic carbocycles. The number of carbonyl (C=O) groups excluding carboxylic acids is 2. The maximum Gasteiger partial charge on any atom is 0.234 e. The lowest BCUT2D eigenvalue weighted by Gasteiger charge is -2.16. The van der Waals surface area contributed by atoms with Gasteiger partial charge in [-0.05, 0) is 31.0 Å². The Hall–Kier alpha value is -2.31. The molecule has 0 radical (unpaired) electrons.